The van der Waals surface area contributed by atoms with Gasteiger partial charge in [-0.05, 0) is 6.92 Å². The van der Waals surface area contributed by atoms with Crippen LogP contribution in [0.15, 0.2) is 12.2 Å². The molecule has 0 fully saturated rings. The van der Waals surface area contributed by atoms with Crippen molar-refractivity contribution in [2.75, 3.05) is 13.2 Å². The zero-order valence-corrected chi connectivity index (χ0v) is 13.3. The second kappa shape index (κ2) is 8.36. The molecule has 0 aromatic heterocycles. The Labute approximate surface area is 141 Å². The zero-order valence-electron chi connectivity index (χ0n) is 13.3. The maximum atomic E-state index is 12.7. The summed E-state index contributed by atoms with van der Waals surface area (Å²) >= 11 is 0. The fraction of sp³-hybridized carbons (Fsp3) is 0.615. The Morgan fingerprint density at radius 1 is 0.923 bits per heavy atom. The minimum atomic E-state index is -6.25. The highest BCUT2D eigenvalue weighted by Gasteiger charge is 2.65. The predicted molar refractivity (Wildman–Crippen MR) is 68.2 cm³/mol. The minimum Gasteiger partial charge on any atom is -0.457 e. The summed E-state index contributed by atoms with van der Waals surface area (Å²) in [6.07, 6.45) is -8.18. The normalized spacial score (nSPS) is 13.6. The third kappa shape index (κ3) is 6.88. The van der Waals surface area contributed by atoms with Gasteiger partial charge in [-0.1, -0.05) is 6.58 Å². The maximum absolute atomic E-state index is 12.7. The highest BCUT2D eigenvalue weighted by molar-refractivity contribution is 5.87. The van der Waals surface area contributed by atoms with Gasteiger partial charge in [-0.3, -0.25) is 0 Å². The molecule has 0 spiro atoms. The van der Waals surface area contributed by atoms with Crippen molar-refractivity contribution in [3.8, 4) is 0 Å². The van der Waals surface area contributed by atoms with Crippen LogP contribution < -0.4 is 0 Å². The number of carbonyl (C=O) groups excluding carboxylic acids is 3. The lowest BCUT2D eigenvalue weighted by Crippen LogP contribution is -2.46. The van der Waals surface area contributed by atoms with Crippen LogP contribution in [0.1, 0.15) is 13.8 Å². The average molecular weight is 398 g/mol. The first-order valence-electron chi connectivity index (χ1n) is 6.53. The first kappa shape index (κ1) is 23.7. The predicted octanol–water partition coefficient (Wildman–Crippen LogP) is 2.41. The number of halogens is 7. The summed E-state index contributed by atoms with van der Waals surface area (Å²) in [6, 6.07) is 0. The summed E-state index contributed by atoms with van der Waals surface area (Å²) in [5.74, 6) is -16.2. The first-order valence-corrected chi connectivity index (χ1v) is 6.53. The Balaban J connectivity index is 5.02. The number of esters is 3. The maximum Gasteiger partial charge on any atom is 0.465 e. The Kier molecular flexibility index (Phi) is 7.61. The minimum absolute atomic E-state index is 0.161. The molecule has 0 aliphatic rings. The van der Waals surface area contributed by atoms with Crippen molar-refractivity contribution in [2.24, 2.45) is 0 Å². The Hall–Kier alpha value is -2.34. The van der Waals surface area contributed by atoms with Gasteiger partial charge in [0.25, 0.3) is 0 Å². The molecule has 0 amide bonds. The van der Waals surface area contributed by atoms with Crippen molar-refractivity contribution in [2.45, 2.75) is 38.0 Å². The van der Waals surface area contributed by atoms with Gasteiger partial charge in [0.05, 0.1) is 0 Å². The van der Waals surface area contributed by atoms with E-state index >= 15 is 0 Å². The number of carbonyl (C=O) groups is 3. The molecular formula is C13H13F7O6. The quantitative estimate of drug-likeness (QED) is 0.271. The van der Waals surface area contributed by atoms with E-state index in [1.807, 2.05) is 0 Å². The molecule has 1 atom stereocenters. The molecule has 0 aromatic rings. The van der Waals surface area contributed by atoms with Crippen molar-refractivity contribution < 1.29 is 59.3 Å². The van der Waals surface area contributed by atoms with Crippen molar-refractivity contribution in [3.05, 3.63) is 12.2 Å². The Morgan fingerprint density at radius 3 is 1.69 bits per heavy atom. The first-order chi connectivity index (χ1) is 11.5. The SMILES string of the molecule is C=C(C)C(=O)OC(COC(=O)C(C)(F)F)COC(=O)C(F)(F)C(F)(F)F. The summed E-state index contributed by atoms with van der Waals surface area (Å²) in [6.45, 7) is 1.79. The van der Waals surface area contributed by atoms with Crippen molar-refractivity contribution in [1.29, 1.82) is 0 Å². The highest BCUT2D eigenvalue weighted by Crippen LogP contribution is 2.36. The van der Waals surface area contributed by atoms with Crippen LogP contribution in [0.5, 0.6) is 0 Å². The van der Waals surface area contributed by atoms with Crippen molar-refractivity contribution in [1.82, 2.24) is 0 Å². The van der Waals surface area contributed by atoms with Crippen LogP contribution in [0.25, 0.3) is 0 Å². The van der Waals surface area contributed by atoms with Crippen LogP contribution in [-0.4, -0.2) is 55.2 Å². The smallest absolute Gasteiger partial charge is 0.457 e. The molecule has 0 aromatic carbocycles. The summed E-state index contributed by atoms with van der Waals surface area (Å²) < 4.78 is 99.0. The summed E-state index contributed by atoms with van der Waals surface area (Å²) in [5, 5.41) is 0. The summed E-state index contributed by atoms with van der Waals surface area (Å²) in [5.41, 5.74) is -0.269. The van der Waals surface area contributed by atoms with Gasteiger partial charge < -0.3 is 14.2 Å². The van der Waals surface area contributed by atoms with E-state index < -0.39 is 55.2 Å². The fourth-order valence-corrected chi connectivity index (χ4v) is 1.04. The topological polar surface area (TPSA) is 78.9 Å². The standard InChI is InChI=1S/C13H13F7O6/c1-6(2)8(21)26-7(4-24-9(22)11(3,14)15)5-25-10(23)12(16,17)13(18,19)20/h7H,1,4-5H2,2-3H3. The third-order valence-electron chi connectivity index (χ3n) is 2.39. The van der Waals surface area contributed by atoms with Gasteiger partial charge in [0, 0.05) is 12.5 Å². The Bertz CT molecular complexity index is 564. The fourth-order valence-electron chi connectivity index (χ4n) is 1.04. The van der Waals surface area contributed by atoms with Crippen molar-refractivity contribution >= 4 is 17.9 Å². The molecule has 13 heteroatoms. The van der Waals surface area contributed by atoms with Gasteiger partial charge in [0.15, 0.2) is 6.10 Å². The van der Waals surface area contributed by atoms with E-state index in [-0.39, 0.29) is 12.5 Å². The van der Waals surface area contributed by atoms with Crippen LogP contribution in [0, 0.1) is 0 Å². The average Bonchev–Trinajstić information content (AvgIpc) is 2.46. The second-order valence-corrected chi connectivity index (χ2v) is 4.97. The highest BCUT2D eigenvalue weighted by atomic mass is 19.4. The molecule has 0 saturated carbocycles. The number of hydrogen-bond donors (Lipinski definition) is 0. The van der Waals surface area contributed by atoms with Crippen LogP contribution in [0.2, 0.25) is 0 Å². The van der Waals surface area contributed by atoms with Gasteiger partial charge >= 0.3 is 35.9 Å². The molecule has 1 unspecified atom stereocenters. The van der Waals surface area contributed by atoms with Crippen LogP contribution in [0.3, 0.4) is 0 Å². The number of rotatable bonds is 8. The van der Waals surface area contributed by atoms with Crippen LogP contribution >= 0.6 is 0 Å². The van der Waals surface area contributed by atoms with Gasteiger partial charge in [-0.2, -0.15) is 30.7 Å². The molecule has 0 saturated heterocycles. The number of hydrogen-bond acceptors (Lipinski definition) is 6. The summed E-state index contributed by atoms with van der Waals surface area (Å²) in [4.78, 5) is 33.1. The van der Waals surface area contributed by atoms with Gasteiger partial charge in [-0.15, -0.1) is 0 Å². The molecule has 0 radical (unpaired) electrons. The van der Waals surface area contributed by atoms with Gasteiger partial charge in [0.1, 0.15) is 13.2 Å². The molecule has 150 valence electrons. The number of ether oxygens (including phenoxy) is 3. The lowest BCUT2D eigenvalue weighted by atomic mass is 10.3. The molecule has 6 nitrogen and oxygen atoms in total. The van der Waals surface area contributed by atoms with E-state index in [1.54, 1.807) is 0 Å². The third-order valence-corrected chi connectivity index (χ3v) is 2.39. The van der Waals surface area contributed by atoms with Crippen LogP contribution in [0.4, 0.5) is 30.7 Å². The van der Waals surface area contributed by atoms with Crippen molar-refractivity contribution in [3.63, 3.8) is 0 Å². The number of alkyl halides is 7. The largest absolute Gasteiger partial charge is 0.465 e. The van der Waals surface area contributed by atoms with E-state index in [1.165, 1.54) is 0 Å². The van der Waals surface area contributed by atoms with Gasteiger partial charge in [-0.25, -0.2) is 14.4 Å². The molecule has 0 aliphatic carbocycles. The zero-order chi connectivity index (χ0) is 20.9. The van der Waals surface area contributed by atoms with E-state index in [4.69, 9.17) is 0 Å². The van der Waals surface area contributed by atoms with E-state index in [0.717, 1.165) is 6.92 Å². The molecular weight excluding hydrogens is 385 g/mol. The van der Waals surface area contributed by atoms with E-state index in [0.29, 0.717) is 0 Å². The second-order valence-electron chi connectivity index (χ2n) is 4.97. The molecule has 26 heavy (non-hydrogen) atoms. The molecule has 0 heterocycles. The molecule has 0 rings (SSSR count). The van der Waals surface area contributed by atoms with Gasteiger partial charge in [0.2, 0.25) is 0 Å². The summed E-state index contributed by atoms with van der Waals surface area (Å²) in [7, 11) is 0. The lowest BCUT2D eigenvalue weighted by Gasteiger charge is -2.21. The Morgan fingerprint density at radius 2 is 1.35 bits per heavy atom. The molecule has 0 bridgehead atoms. The van der Waals surface area contributed by atoms with Crippen LogP contribution in [-0.2, 0) is 28.6 Å². The monoisotopic (exact) mass is 398 g/mol. The van der Waals surface area contributed by atoms with E-state index in [9.17, 15) is 45.1 Å². The molecule has 0 N–H and O–H groups in total. The lowest BCUT2D eigenvalue weighted by molar-refractivity contribution is -0.281. The molecule has 0 aliphatic heterocycles. The van der Waals surface area contributed by atoms with E-state index in [2.05, 4.69) is 20.8 Å².